The highest BCUT2D eigenvalue weighted by atomic mass is 16.6. The molecule has 0 rings (SSSR count). The Kier molecular flexibility index (Phi) is 7.38. The van der Waals surface area contributed by atoms with E-state index in [-0.39, 0.29) is 11.9 Å². The van der Waals surface area contributed by atoms with Gasteiger partial charge in [-0.05, 0) is 38.8 Å². The Labute approximate surface area is 134 Å². The van der Waals surface area contributed by atoms with Gasteiger partial charge in [-0.2, -0.15) is 0 Å². The molecule has 0 aromatic heterocycles. The Morgan fingerprint density at radius 1 is 0.864 bits per heavy atom. The van der Waals surface area contributed by atoms with Crippen LogP contribution in [-0.4, -0.2) is 21.4 Å². The number of rotatable bonds is 8. The van der Waals surface area contributed by atoms with Crippen molar-refractivity contribution in [2.75, 3.05) is 0 Å². The van der Waals surface area contributed by atoms with Crippen LogP contribution in [0.15, 0.2) is 25.0 Å². The van der Waals surface area contributed by atoms with E-state index in [1.165, 1.54) is 0 Å². The standard InChI is InChI=1S/C18H30O4/c1-13(2)11-17(7,21-15(5)19)9-10-18(8,12-14(3)4)22-16(6)20/h13-14,19-20H,5-6,11-12H2,1-4,7-8H3. The number of hydrogen-bond donors (Lipinski definition) is 2. The molecule has 0 aliphatic heterocycles. The molecule has 0 saturated heterocycles. The topological polar surface area (TPSA) is 58.9 Å². The molecular weight excluding hydrogens is 280 g/mol. The maximum absolute atomic E-state index is 9.35. The summed E-state index contributed by atoms with van der Waals surface area (Å²) in [5.41, 5.74) is -1.75. The summed E-state index contributed by atoms with van der Waals surface area (Å²) in [7, 11) is 0. The first kappa shape index (κ1) is 20.2. The van der Waals surface area contributed by atoms with Crippen LogP contribution in [0.25, 0.3) is 0 Å². The SMILES string of the molecule is C=C(O)OC(C)(C#CC(C)(CC(C)C)OC(=C)O)CC(C)C. The monoisotopic (exact) mass is 310 g/mol. The molecule has 2 atom stereocenters. The molecule has 2 N–H and O–H groups in total. The molecule has 4 heteroatoms. The fourth-order valence-corrected chi connectivity index (χ4v) is 2.58. The second-order valence-electron chi connectivity index (χ2n) is 6.90. The molecule has 0 aliphatic carbocycles. The van der Waals surface area contributed by atoms with Crippen LogP contribution in [0.5, 0.6) is 0 Å². The Balaban J connectivity index is 5.48. The predicted octanol–water partition coefficient (Wildman–Crippen LogP) is 4.69. The van der Waals surface area contributed by atoms with Gasteiger partial charge in [0.25, 0.3) is 11.9 Å². The highest BCUT2D eigenvalue weighted by molar-refractivity contribution is 5.21. The first-order valence-electron chi connectivity index (χ1n) is 7.55. The van der Waals surface area contributed by atoms with Crippen LogP contribution < -0.4 is 0 Å². The summed E-state index contributed by atoms with van der Waals surface area (Å²) >= 11 is 0. The summed E-state index contributed by atoms with van der Waals surface area (Å²) in [6, 6.07) is 0. The van der Waals surface area contributed by atoms with Crippen molar-refractivity contribution in [1.82, 2.24) is 0 Å². The minimum Gasteiger partial charge on any atom is -0.481 e. The van der Waals surface area contributed by atoms with Crippen LogP contribution in [0.3, 0.4) is 0 Å². The van der Waals surface area contributed by atoms with Crippen LogP contribution in [0.2, 0.25) is 0 Å². The van der Waals surface area contributed by atoms with E-state index in [0.717, 1.165) is 0 Å². The first-order valence-corrected chi connectivity index (χ1v) is 7.55. The minimum atomic E-state index is -0.877. The molecule has 0 amide bonds. The van der Waals surface area contributed by atoms with Gasteiger partial charge in [0.2, 0.25) is 0 Å². The van der Waals surface area contributed by atoms with E-state index in [4.69, 9.17) is 9.47 Å². The first-order chi connectivity index (χ1) is 9.87. The van der Waals surface area contributed by atoms with Gasteiger partial charge in [0.05, 0.1) is 0 Å². The maximum atomic E-state index is 9.35. The van der Waals surface area contributed by atoms with E-state index in [2.05, 4.69) is 25.0 Å². The fraction of sp³-hybridized carbons (Fsp3) is 0.667. The zero-order valence-electron chi connectivity index (χ0n) is 14.7. The Morgan fingerprint density at radius 3 is 1.32 bits per heavy atom. The van der Waals surface area contributed by atoms with E-state index in [0.29, 0.717) is 24.7 Å². The third kappa shape index (κ3) is 8.51. The molecular formula is C18H30O4. The lowest BCUT2D eigenvalue weighted by Gasteiger charge is -2.29. The summed E-state index contributed by atoms with van der Waals surface area (Å²) in [6.07, 6.45) is 1.24. The Hall–Kier alpha value is -1.76. The number of ether oxygens (including phenoxy) is 2. The summed E-state index contributed by atoms with van der Waals surface area (Å²) in [5.74, 6) is 5.99. The average molecular weight is 310 g/mol. The van der Waals surface area contributed by atoms with Crippen molar-refractivity contribution >= 4 is 0 Å². The maximum Gasteiger partial charge on any atom is 0.270 e. The quantitative estimate of drug-likeness (QED) is 0.504. The van der Waals surface area contributed by atoms with Crippen molar-refractivity contribution in [3.05, 3.63) is 25.0 Å². The molecule has 0 saturated carbocycles. The predicted molar refractivity (Wildman–Crippen MR) is 89.2 cm³/mol. The fourth-order valence-electron chi connectivity index (χ4n) is 2.58. The molecule has 0 heterocycles. The second-order valence-corrected chi connectivity index (χ2v) is 6.90. The van der Waals surface area contributed by atoms with Crippen LogP contribution >= 0.6 is 0 Å². The highest BCUT2D eigenvalue weighted by Crippen LogP contribution is 2.26. The third-order valence-corrected chi connectivity index (χ3v) is 2.87. The second kappa shape index (κ2) is 8.03. The smallest absolute Gasteiger partial charge is 0.270 e. The van der Waals surface area contributed by atoms with Gasteiger partial charge in [0.15, 0.2) is 11.2 Å². The number of aliphatic hydroxyl groups is 2. The van der Waals surface area contributed by atoms with Gasteiger partial charge in [-0.3, -0.25) is 0 Å². The highest BCUT2D eigenvalue weighted by Gasteiger charge is 2.30. The molecule has 126 valence electrons. The summed E-state index contributed by atoms with van der Waals surface area (Å²) in [5, 5.41) is 18.7. The molecule has 4 nitrogen and oxygen atoms in total. The van der Waals surface area contributed by atoms with Gasteiger partial charge in [-0.15, -0.1) is 0 Å². The third-order valence-electron chi connectivity index (χ3n) is 2.87. The zero-order chi connectivity index (χ0) is 17.6. The lowest BCUT2D eigenvalue weighted by atomic mass is 9.90. The van der Waals surface area contributed by atoms with Crippen LogP contribution in [0, 0.1) is 23.7 Å². The lowest BCUT2D eigenvalue weighted by molar-refractivity contribution is -0.0193. The van der Waals surface area contributed by atoms with Gasteiger partial charge in [-0.25, -0.2) is 0 Å². The van der Waals surface area contributed by atoms with Crippen molar-refractivity contribution in [1.29, 1.82) is 0 Å². The molecule has 0 aliphatic rings. The average Bonchev–Trinajstić information content (AvgIpc) is 2.21. The van der Waals surface area contributed by atoms with Gasteiger partial charge in [0.1, 0.15) is 0 Å². The van der Waals surface area contributed by atoms with E-state index < -0.39 is 11.2 Å². The Morgan fingerprint density at radius 2 is 1.14 bits per heavy atom. The lowest BCUT2D eigenvalue weighted by Crippen LogP contribution is -2.32. The largest absolute Gasteiger partial charge is 0.481 e. The molecule has 2 unspecified atom stereocenters. The van der Waals surface area contributed by atoms with E-state index >= 15 is 0 Å². The molecule has 0 bridgehead atoms. The van der Waals surface area contributed by atoms with Gasteiger partial charge < -0.3 is 19.7 Å². The van der Waals surface area contributed by atoms with Gasteiger partial charge in [0, 0.05) is 12.8 Å². The van der Waals surface area contributed by atoms with Gasteiger partial charge >= 0.3 is 0 Å². The molecule has 0 spiro atoms. The van der Waals surface area contributed by atoms with Crippen LogP contribution in [0.4, 0.5) is 0 Å². The van der Waals surface area contributed by atoms with Crippen molar-refractivity contribution < 1.29 is 19.7 Å². The molecule has 0 fully saturated rings. The van der Waals surface area contributed by atoms with Crippen molar-refractivity contribution in [2.24, 2.45) is 11.8 Å². The van der Waals surface area contributed by atoms with E-state index in [1.807, 2.05) is 27.7 Å². The summed E-state index contributed by atoms with van der Waals surface area (Å²) in [6.45, 7) is 18.5. The summed E-state index contributed by atoms with van der Waals surface area (Å²) in [4.78, 5) is 0. The normalized spacial score (nSPS) is 16.2. The van der Waals surface area contributed by atoms with Crippen LogP contribution in [0.1, 0.15) is 54.4 Å². The summed E-state index contributed by atoms with van der Waals surface area (Å²) < 4.78 is 10.8. The molecule has 0 aromatic carbocycles. The van der Waals surface area contributed by atoms with Crippen molar-refractivity contribution in [2.45, 2.75) is 65.6 Å². The number of aliphatic hydroxyl groups excluding tert-OH is 2. The number of hydrogen-bond acceptors (Lipinski definition) is 4. The van der Waals surface area contributed by atoms with Crippen LogP contribution in [-0.2, 0) is 9.47 Å². The zero-order valence-corrected chi connectivity index (χ0v) is 14.7. The van der Waals surface area contributed by atoms with E-state index in [9.17, 15) is 10.2 Å². The minimum absolute atomic E-state index is 0.323. The van der Waals surface area contributed by atoms with Crippen molar-refractivity contribution in [3.8, 4) is 11.8 Å². The van der Waals surface area contributed by atoms with E-state index in [1.54, 1.807) is 13.8 Å². The molecule has 0 radical (unpaired) electrons. The molecule has 0 aromatic rings. The molecule has 22 heavy (non-hydrogen) atoms. The van der Waals surface area contributed by atoms with Gasteiger partial charge in [-0.1, -0.05) is 39.5 Å². The Bertz CT molecular complexity index is 415. The van der Waals surface area contributed by atoms with Crippen molar-refractivity contribution in [3.63, 3.8) is 0 Å².